The lowest BCUT2D eigenvalue weighted by molar-refractivity contribution is 0.492. The number of hydrogen-bond donors (Lipinski definition) is 1. The molecule has 0 radical (unpaired) electrons. The largest absolute Gasteiger partial charge is 0.466 e. The molecule has 1 fully saturated rings. The molecule has 1 aromatic heterocycles. The van der Waals surface area contributed by atoms with Gasteiger partial charge >= 0.3 is 0 Å². The second-order valence-electron chi connectivity index (χ2n) is 4.54. The minimum Gasteiger partial charge on any atom is -0.466 e. The Bertz CT molecular complexity index is 336. The fraction of sp³-hybridized carbons (Fsp3) is 0.667. The highest BCUT2D eigenvalue weighted by atomic mass is 16.3. The first-order chi connectivity index (χ1) is 6.59. The van der Waals surface area contributed by atoms with Crippen molar-refractivity contribution >= 4 is 0 Å². The monoisotopic (exact) mass is 193 g/mol. The van der Waals surface area contributed by atoms with Crippen LogP contribution in [-0.4, -0.2) is 0 Å². The Kier molecular flexibility index (Phi) is 2.40. The van der Waals surface area contributed by atoms with E-state index < -0.39 is 0 Å². The number of furan rings is 1. The van der Waals surface area contributed by atoms with Crippen LogP contribution in [0.15, 0.2) is 4.42 Å². The minimum atomic E-state index is 0.181. The van der Waals surface area contributed by atoms with Crippen LogP contribution in [0.2, 0.25) is 0 Å². The van der Waals surface area contributed by atoms with E-state index in [-0.39, 0.29) is 6.04 Å². The van der Waals surface area contributed by atoms with Gasteiger partial charge in [0.25, 0.3) is 0 Å². The van der Waals surface area contributed by atoms with Crippen LogP contribution in [0.25, 0.3) is 0 Å². The Morgan fingerprint density at radius 3 is 2.36 bits per heavy atom. The molecule has 0 aliphatic heterocycles. The highest BCUT2D eigenvalue weighted by Crippen LogP contribution is 2.38. The van der Waals surface area contributed by atoms with Crippen LogP contribution in [0.3, 0.4) is 0 Å². The lowest BCUT2D eigenvalue weighted by Gasteiger charge is -2.11. The van der Waals surface area contributed by atoms with Gasteiger partial charge in [0.05, 0.1) is 0 Å². The third-order valence-corrected chi connectivity index (χ3v) is 3.27. The summed E-state index contributed by atoms with van der Waals surface area (Å²) in [5.41, 5.74) is 8.68. The average molecular weight is 193 g/mol. The van der Waals surface area contributed by atoms with Crippen LogP contribution in [0.4, 0.5) is 0 Å². The highest BCUT2D eigenvalue weighted by molar-refractivity contribution is 5.34. The van der Waals surface area contributed by atoms with Gasteiger partial charge in [-0.2, -0.15) is 0 Å². The quantitative estimate of drug-likeness (QED) is 0.801. The zero-order valence-corrected chi connectivity index (χ0v) is 9.26. The number of nitrogens with two attached hydrogens (primary N) is 1. The van der Waals surface area contributed by atoms with E-state index in [9.17, 15) is 0 Å². The molecule has 2 nitrogen and oxygen atoms in total. The van der Waals surface area contributed by atoms with Crippen molar-refractivity contribution in [2.75, 3.05) is 0 Å². The van der Waals surface area contributed by atoms with Crippen molar-refractivity contribution in [1.82, 2.24) is 0 Å². The topological polar surface area (TPSA) is 39.2 Å². The highest BCUT2D eigenvalue weighted by Gasteiger charge is 2.27. The van der Waals surface area contributed by atoms with Gasteiger partial charge in [-0.05, 0) is 38.7 Å². The first-order valence-electron chi connectivity index (χ1n) is 5.41. The summed E-state index contributed by atoms with van der Waals surface area (Å²) in [4.78, 5) is 0. The van der Waals surface area contributed by atoms with Crippen LogP contribution in [0, 0.1) is 26.7 Å². The molecule has 14 heavy (non-hydrogen) atoms. The predicted molar refractivity (Wildman–Crippen MR) is 57.2 cm³/mol. The Balaban J connectivity index is 2.20. The van der Waals surface area contributed by atoms with E-state index in [2.05, 4.69) is 6.92 Å². The van der Waals surface area contributed by atoms with Gasteiger partial charge < -0.3 is 10.2 Å². The van der Waals surface area contributed by atoms with E-state index in [1.165, 1.54) is 24.0 Å². The molecule has 1 aromatic rings. The summed E-state index contributed by atoms with van der Waals surface area (Å²) in [6, 6.07) is 0.181. The standard InChI is InChI=1S/C12H19NO/c1-7-8(2)14-9(3)12(7)11(13)6-10-4-5-10/h10-11H,4-6,13H2,1-3H3. The summed E-state index contributed by atoms with van der Waals surface area (Å²) >= 11 is 0. The van der Waals surface area contributed by atoms with Gasteiger partial charge in [0.1, 0.15) is 11.5 Å². The number of rotatable bonds is 3. The van der Waals surface area contributed by atoms with Crippen molar-refractivity contribution in [2.24, 2.45) is 11.7 Å². The molecule has 2 N–H and O–H groups in total. The maximum atomic E-state index is 6.19. The van der Waals surface area contributed by atoms with E-state index in [0.717, 1.165) is 23.9 Å². The van der Waals surface area contributed by atoms with Gasteiger partial charge in [0.15, 0.2) is 0 Å². The molecule has 0 spiro atoms. The van der Waals surface area contributed by atoms with E-state index in [1.807, 2.05) is 13.8 Å². The summed E-state index contributed by atoms with van der Waals surface area (Å²) in [6.45, 7) is 6.13. The van der Waals surface area contributed by atoms with Gasteiger partial charge in [-0.1, -0.05) is 12.8 Å². The van der Waals surface area contributed by atoms with Gasteiger partial charge in [-0.25, -0.2) is 0 Å². The maximum Gasteiger partial charge on any atom is 0.106 e. The molecule has 2 rings (SSSR count). The van der Waals surface area contributed by atoms with Crippen LogP contribution in [-0.2, 0) is 0 Å². The second kappa shape index (κ2) is 3.43. The summed E-state index contributed by atoms with van der Waals surface area (Å²) in [6.07, 6.45) is 3.85. The predicted octanol–water partition coefficient (Wildman–Crippen LogP) is 3.00. The summed E-state index contributed by atoms with van der Waals surface area (Å²) in [5, 5.41) is 0. The molecule has 1 aliphatic rings. The van der Waals surface area contributed by atoms with E-state index in [1.54, 1.807) is 0 Å². The van der Waals surface area contributed by atoms with E-state index in [0.29, 0.717) is 0 Å². The molecule has 78 valence electrons. The van der Waals surface area contributed by atoms with Crippen molar-refractivity contribution in [3.8, 4) is 0 Å². The van der Waals surface area contributed by atoms with Gasteiger partial charge in [0.2, 0.25) is 0 Å². The first-order valence-corrected chi connectivity index (χ1v) is 5.41. The second-order valence-corrected chi connectivity index (χ2v) is 4.54. The maximum absolute atomic E-state index is 6.19. The molecule has 0 bridgehead atoms. The van der Waals surface area contributed by atoms with Crippen molar-refractivity contribution < 1.29 is 4.42 Å². The Morgan fingerprint density at radius 2 is 1.93 bits per heavy atom. The molecular formula is C12H19NO. The van der Waals surface area contributed by atoms with Gasteiger partial charge in [-0.3, -0.25) is 0 Å². The smallest absolute Gasteiger partial charge is 0.106 e. The zero-order chi connectivity index (χ0) is 10.3. The third-order valence-electron chi connectivity index (χ3n) is 3.27. The number of hydrogen-bond acceptors (Lipinski definition) is 2. The fourth-order valence-electron chi connectivity index (χ4n) is 2.18. The molecule has 0 saturated heterocycles. The van der Waals surface area contributed by atoms with Crippen LogP contribution < -0.4 is 5.73 Å². The summed E-state index contributed by atoms with van der Waals surface area (Å²) in [5.74, 6) is 2.90. The first kappa shape index (κ1) is 9.78. The normalized spacial score (nSPS) is 18.6. The molecule has 1 aliphatic carbocycles. The molecule has 2 heteroatoms. The summed E-state index contributed by atoms with van der Waals surface area (Å²) in [7, 11) is 0. The Labute approximate surface area is 85.5 Å². The fourth-order valence-corrected chi connectivity index (χ4v) is 2.18. The average Bonchev–Trinajstić information content (AvgIpc) is 2.83. The molecule has 1 saturated carbocycles. The van der Waals surface area contributed by atoms with Crippen molar-refractivity contribution in [1.29, 1.82) is 0 Å². The van der Waals surface area contributed by atoms with Crippen molar-refractivity contribution in [3.63, 3.8) is 0 Å². The van der Waals surface area contributed by atoms with Crippen LogP contribution in [0.1, 0.15) is 48.0 Å². The zero-order valence-electron chi connectivity index (χ0n) is 9.26. The van der Waals surface area contributed by atoms with Crippen LogP contribution >= 0.6 is 0 Å². The van der Waals surface area contributed by atoms with E-state index in [4.69, 9.17) is 10.2 Å². The summed E-state index contributed by atoms with van der Waals surface area (Å²) < 4.78 is 5.59. The van der Waals surface area contributed by atoms with Crippen LogP contribution in [0.5, 0.6) is 0 Å². The third kappa shape index (κ3) is 1.71. The molecule has 0 aromatic carbocycles. The molecule has 1 heterocycles. The Hall–Kier alpha value is -0.760. The molecule has 0 amide bonds. The van der Waals surface area contributed by atoms with E-state index >= 15 is 0 Å². The minimum absolute atomic E-state index is 0.181. The lowest BCUT2D eigenvalue weighted by atomic mass is 9.98. The molecule has 1 unspecified atom stereocenters. The SMILES string of the molecule is Cc1oc(C)c(C(N)CC2CC2)c1C. The van der Waals surface area contributed by atoms with Gasteiger partial charge in [-0.15, -0.1) is 0 Å². The Morgan fingerprint density at radius 1 is 1.29 bits per heavy atom. The van der Waals surface area contributed by atoms with Crippen molar-refractivity contribution in [3.05, 3.63) is 22.6 Å². The van der Waals surface area contributed by atoms with Crippen molar-refractivity contribution in [2.45, 2.75) is 46.1 Å². The lowest BCUT2D eigenvalue weighted by Crippen LogP contribution is -2.12. The van der Waals surface area contributed by atoms with Gasteiger partial charge in [0, 0.05) is 11.6 Å². The molecule has 1 atom stereocenters. The molecular weight excluding hydrogens is 174 g/mol. The number of aryl methyl sites for hydroxylation is 2.